The highest BCUT2D eigenvalue weighted by Crippen LogP contribution is 2.44. The second-order valence-electron chi connectivity index (χ2n) is 4.70. The molecule has 0 amide bonds. The highest BCUT2D eigenvalue weighted by Gasteiger charge is 2.31. The Labute approximate surface area is 96.8 Å². The summed E-state index contributed by atoms with van der Waals surface area (Å²) in [6.07, 6.45) is 1.20. The number of halogens is 1. The van der Waals surface area contributed by atoms with Gasteiger partial charge in [0.25, 0.3) is 0 Å². The number of rotatable bonds is 2. The van der Waals surface area contributed by atoms with Gasteiger partial charge in [-0.2, -0.15) is 0 Å². The molecule has 0 heterocycles. The van der Waals surface area contributed by atoms with E-state index in [4.69, 9.17) is 11.6 Å². The molecule has 0 saturated carbocycles. The SMILES string of the molecule is CNC1CC(C(C)C)c2ccc(Cl)cc21. The van der Waals surface area contributed by atoms with Crippen LogP contribution in [-0.4, -0.2) is 7.05 Å². The van der Waals surface area contributed by atoms with Gasteiger partial charge in [0, 0.05) is 11.1 Å². The second-order valence-corrected chi connectivity index (χ2v) is 5.14. The van der Waals surface area contributed by atoms with E-state index in [1.165, 1.54) is 17.5 Å². The summed E-state index contributed by atoms with van der Waals surface area (Å²) in [5.74, 6) is 1.37. The Kier molecular flexibility index (Phi) is 3.03. The molecule has 0 bridgehead atoms. The molecule has 2 unspecified atom stereocenters. The van der Waals surface area contributed by atoms with Crippen molar-refractivity contribution in [2.75, 3.05) is 7.05 Å². The molecule has 0 aromatic heterocycles. The van der Waals surface area contributed by atoms with E-state index < -0.39 is 0 Å². The lowest BCUT2D eigenvalue weighted by atomic mass is 9.90. The van der Waals surface area contributed by atoms with E-state index in [0.717, 1.165) is 5.02 Å². The Morgan fingerprint density at radius 3 is 2.67 bits per heavy atom. The molecule has 1 aliphatic carbocycles. The van der Waals surface area contributed by atoms with E-state index in [2.05, 4.69) is 31.3 Å². The van der Waals surface area contributed by atoms with Crippen LogP contribution in [0.4, 0.5) is 0 Å². The van der Waals surface area contributed by atoms with Crippen molar-refractivity contribution in [2.45, 2.75) is 32.2 Å². The summed E-state index contributed by atoms with van der Waals surface area (Å²) in [6, 6.07) is 6.79. The molecule has 1 N–H and O–H groups in total. The Bertz CT molecular complexity index is 360. The van der Waals surface area contributed by atoms with Gasteiger partial charge in [-0.3, -0.25) is 0 Å². The molecule has 0 fully saturated rings. The molecule has 0 saturated heterocycles. The second kappa shape index (κ2) is 4.15. The van der Waals surface area contributed by atoms with Crippen molar-refractivity contribution in [2.24, 2.45) is 5.92 Å². The van der Waals surface area contributed by atoms with Crippen LogP contribution >= 0.6 is 11.6 Å². The average Bonchev–Trinajstić information content (AvgIpc) is 2.55. The molecule has 15 heavy (non-hydrogen) atoms. The van der Waals surface area contributed by atoms with Gasteiger partial charge >= 0.3 is 0 Å². The third-order valence-corrected chi connectivity index (χ3v) is 3.70. The van der Waals surface area contributed by atoms with Crippen LogP contribution in [0.25, 0.3) is 0 Å². The summed E-state index contributed by atoms with van der Waals surface area (Å²) in [6.45, 7) is 4.59. The monoisotopic (exact) mass is 223 g/mol. The normalized spacial score (nSPS) is 24.6. The zero-order valence-electron chi connectivity index (χ0n) is 9.55. The lowest BCUT2D eigenvalue weighted by Crippen LogP contribution is -2.13. The molecular formula is C13H18ClN. The van der Waals surface area contributed by atoms with Gasteiger partial charge < -0.3 is 5.32 Å². The summed E-state index contributed by atoms with van der Waals surface area (Å²) >= 11 is 6.05. The zero-order chi connectivity index (χ0) is 11.0. The maximum absolute atomic E-state index is 6.05. The molecule has 0 aliphatic heterocycles. The fraction of sp³-hybridized carbons (Fsp3) is 0.538. The largest absolute Gasteiger partial charge is 0.313 e. The van der Waals surface area contributed by atoms with Gasteiger partial charge in [0.15, 0.2) is 0 Å². The number of benzene rings is 1. The van der Waals surface area contributed by atoms with Gasteiger partial charge in [0.2, 0.25) is 0 Å². The van der Waals surface area contributed by atoms with Crippen LogP contribution in [0.2, 0.25) is 5.02 Å². The van der Waals surface area contributed by atoms with E-state index in [1.807, 2.05) is 13.1 Å². The highest BCUT2D eigenvalue weighted by atomic mass is 35.5. The lowest BCUT2D eigenvalue weighted by Gasteiger charge is -2.15. The van der Waals surface area contributed by atoms with Gasteiger partial charge in [-0.15, -0.1) is 0 Å². The fourth-order valence-electron chi connectivity index (χ4n) is 2.60. The predicted octanol–water partition coefficient (Wildman–Crippen LogP) is 3.74. The molecule has 1 aromatic rings. The van der Waals surface area contributed by atoms with Gasteiger partial charge in [-0.1, -0.05) is 31.5 Å². The van der Waals surface area contributed by atoms with Crippen molar-refractivity contribution in [3.63, 3.8) is 0 Å². The first-order chi connectivity index (χ1) is 7.13. The fourth-order valence-corrected chi connectivity index (χ4v) is 2.78. The van der Waals surface area contributed by atoms with Gasteiger partial charge in [-0.25, -0.2) is 0 Å². The van der Waals surface area contributed by atoms with Crippen molar-refractivity contribution < 1.29 is 0 Å². The molecular weight excluding hydrogens is 206 g/mol. The minimum Gasteiger partial charge on any atom is -0.313 e. The van der Waals surface area contributed by atoms with E-state index >= 15 is 0 Å². The zero-order valence-corrected chi connectivity index (χ0v) is 10.3. The van der Waals surface area contributed by atoms with Crippen LogP contribution in [0, 0.1) is 5.92 Å². The molecule has 2 heteroatoms. The average molecular weight is 224 g/mol. The minimum atomic E-state index is 0.478. The topological polar surface area (TPSA) is 12.0 Å². The van der Waals surface area contributed by atoms with Crippen molar-refractivity contribution >= 4 is 11.6 Å². The van der Waals surface area contributed by atoms with Crippen LogP contribution in [0.1, 0.15) is 43.4 Å². The van der Waals surface area contributed by atoms with Crippen LogP contribution in [0.15, 0.2) is 18.2 Å². The first kappa shape index (κ1) is 11.0. The first-order valence-corrected chi connectivity index (χ1v) is 5.98. The smallest absolute Gasteiger partial charge is 0.0409 e. The van der Waals surface area contributed by atoms with Crippen molar-refractivity contribution in [3.05, 3.63) is 34.3 Å². The minimum absolute atomic E-state index is 0.478. The summed E-state index contributed by atoms with van der Waals surface area (Å²) in [7, 11) is 2.03. The van der Waals surface area contributed by atoms with E-state index in [0.29, 0.717) is 17.9 Å². The van der Waals surface area contributed by atoms with Crippen LogP contribution in [0.5, 0.6) is 0 Å². The number of hydrogen-bond acceptors (Lipinski definition) is 1. The third kappa shape index (κ3) is 1.91. The molecule has 1 aromatic carbocycles. The maximum atomic E-state index is 6.05. The molecule has 2 rings (SSSR count). The number of hydrogen-bond donors (Lipinski definition) is 1. The molecule has 82 valence electrons. The standard InChI is InChI=1S/C13H18ClN/c1-8(2)11-7-13(15-3)12-6-9(14)4-5-10(11)12/h4-6,8,11,13,15H,7H2,1-3H3. The Morgan fingerprint density at radius 1 is 1.33 bits per heavy atom. The van der Waals surface area contributed by atoms with Crippen LogP contribution in [0.3, 0.4) is 0 Å². The number of nitrogens with one attached hydrogen (secondary N) is 1. The Hall–Kier alpha value is -0.530. The quantitative estimate of drug-likeness (QED) is 0.806. The van der Waals surface area contributed by atoms with Crippen molar-refractivity contribution in [1.82, 2.24) is 5.32 Å². The van der Waals surface area contributed by atoms with Crippen molar-refractivity contribution in [1.29, 1.82) is 0 Å². The molecule has 1 nitrogen and oxygen atoms in total. The van der Waals surface area contributed by atoms with E-state index in [9.17, 15) is 0 Å². The Morgan fingerprint density at radius 2 is 2.07 bits per heavy atom. The Balaban J connectivity index is 2.43. The van der Waals surface area contributed by atoms with Crippen LogP contribution in [-0.2, 0) is 0 Å². The summed E-state index contributed by atoms with van der Waals surface area (Å²) in [5.41, 5.74) is 2.87. The molecule has 0 spiro atoms. The highest BCUT2D eigenvalue weighted by molar-refractivity contribution is 6.30. The lowest BCUT2D eigenvalue weighted by molar-refractivity contribution is 0.445. The maximum Gasteiger partial charge on any atom is 0.0409 e. The molecule has 1 aliphatic rings. The van der Waals surface area contributed by atoms with E-state index in [1.54, 1.807) is 0 Å². The molecule has 0 radical (unpaired) electrons. The van der Waals surface area contributed by atoms with Crippen molar-refractivity contribution in [3.8, 4) is 0 Å². The summed E-state index contributed by atoms with van der Waals surface area (Å²) < 4.78 is 0. The molecule has 2 atom stereocenters. The summed E-state index contributed by atoms with van der Waals surface area (Å²) in [4.78, 5) is 0. The third-order valence-electron chi connectivity index (χ3n) is 3.47. The first-order valence-electron chi connectivity index (χ1n) is 5.60. The van der Waals surface area contributed by atoms with Gasteiger partial charge in [-0.05, 0) is 48.6 Å². The summed E-state index contributed by atoms with van der Waals surface area (Å²) in [5, 5.41) is 4.22. The van der Waals surface area contributed by atoms with Crippen LogP contribution < -0.4 is 5.32 Å². The van der Waals surface area contributed by atoms with Gasteiger partial charge in [0.05, 0.1) is 0 Å². The van der Waals surface area contributed by atoms with Gasteiger partial charge in [0.1, 0.15) is 0 Å². The number of fused-ring (bicyclic) bond motifs is 1. The van der Waals surface area contributed by atoms with E-state index in [-0.39, 0.29) is 0 Å². The predicted molar refractivity (Wildman–Crippen MR) is 65.4 cm³/mol.